The van der Waals surface area contributed by atoms with Gasteiger partial charge in [0.1, 0.15) is 0 Å². The monoisotopic (exact) mass is 298 g/mol. The zero-order chi connectivity index (χ0) is 15.5. The van der Waals surface area contributed by atoms with Crippen molar-refractivity contribution in [3.05, 3.63) is 23.8 Å². The van der Waals surface area contributed by atoms with Crippen molar-refractivity contribution in [1.29, 1.82) is 0 Å². The summed E-state index contributed by atoms with van der Waals surface area (Å²) in [5.74, 6) is 1.27. The van der Waals surface area contributed by atoms with Crippen LogP contribution in [-0.2, 0) is 11.3 Å². The van der Waals surface area contributed by atoms with E-state index in [2.05, 4.69) is 10.6 Å². The molecule has 0 radical (unpaired) electrons. The maximum Gasteiger partial charge on any atom is 0.315 e. The molecule has 2 amide bonds. The largest absolute Gasteiger partial charge is 0.493 e. The Kier molecular flexibility index (Phi) is 8.00. The molecule has 0 aliphatic heterocycles. The Bertz CT molecular complexity index is 439. The van der Waals surface area contributed by atoms with Gasteiger partial charge in [-0.25, -0.2) is 4.79 Å². The quantitative estimate of drug-likeness (QED) is 0.578. The van der Waals surface area contributed by atoms with E-state index in [-0.39, 0.29) is 19.2 Å². The van der Waals surface area contributed by atoms with Crippen molar-refractivity contribution < 1.29 is 24.1 Å². The maximum atomic E-state index is 11.5. The van der Waals surface area contributed by atoms with Crippen LogP contribution in [0, 0.1) is 0 Å². The van der Waals surface area contributed by atoms with Gasteiger partial charge in [0.15, 0.2) is 11.5 Å². The summed E-state index contributed by atoms with van der Waals surface area (Å²) < 4.78 is 15.4. The fourth-order valence-electron chi connectivity index (χ4n) is 1.64. The Morgan fingerprint density at radius 2 is 1.90 bits per heavy atom. The highest BCUT2D eigenvalue weighted by atomic mass is 16.5. The van der Waals surface area contributed by atoms with E-state index in [0.29, 0.717) is 31.2 Å². The molecule has 3 N–H and O–H groups in total. The number of urea groups is 1. The molecule has 0 fully saturated rings. The van der Waals surface area contributed by atoms with E-state index in [4.69, 9.17) is 19.3 Å². The lowest BCUT2D eigenvalue weighted by atomic mass is 10.2. The van der Waals surface area contributed by atoms with Crippen molar-refractivity contribution in [2.45, 2.75) is 6.54 Å². The van der Waals surface area contributed by atoms with Gasteiger partial charge in [-0.2, -0.15) is 0 Å². The average Bonchev–Trinajstić information content (AvgIpc) is 2.52. The summed E-state index contributed by atoms with van der Waals surface area (Å²) >= 11 is 0. The average molecular weight is 298 g/mol. The predicted molar refractivity (Wildman–Crippen MR) is 77.7 cm³/mol. The number of carbonyl (C=O) groups excluding carboxylic acids is 1. The molecule has 1 rings (SSSR count). The van der Waals surface area contributed by atoms with Gasteiger partial charge in [-0.15, -0.1) is 0 Å². The van der Waals surface area contributed by atoms with Crippen molar-refractivity contribution >= 4 is 6.03 Å². The van der Waals surface area contributed by atoms with Crippen molar-refractivity contribution in [2.24, 2.45) is 0 Å². The van der Waals surface area contributed by atoms with Crippen LogP contribution >= 0.6 is 0 Å². The molecule has 0 spiro atoms. The number of ether oxygens (including phenoxy) is 3. The summed E-state index contributed by atoms with van der Waals surface area (Å²) in [4.78, 5) is 11.5. The molecule has 7 heteroatoms. The highest BCUT2D eigenvalue weighted by Crippen LogP contribution is 2.27. The molecule has 0 atom stereocenters. The smallest absolute Gasteiger partial charge is 0.315 e. The number of benzene rings is 1. The lowest BCUT2D eigenvalue weighted by Crippen LogP contribution is -2.37. The second kappa shape index (κ2) is 9.84. The van der Waals surface area contributed by atoms with Crippen LogP contribution in [0.25, 0.3) is 0 Å². The first-order valence-corrected chi connectivity index (χ1v) is 6.62. The van der Waals surface area contributed by atoms with Crippen LogP contribution < -0.4 is 20.1 Å². The van der Waals surface area contributed by atoms with Crippen LogP contribution in [0.3, 0.4) is 0 Å². The second-order valence-electron chi connectivity index (χ2n) is 4.13. The summed E-state index contributed by atoms with van der Waals surface area (Å²) in [5.41, 5.74) is 0.902. The van der Waals surface area contributed by atoms with Gasteiger partial charge in [-0.3, -0.25) is 0 Å². The Morgan fingerprint density at radius 1 is 1.14 bits per heavy atom. The highest BCUT2D eigenvalue weighted by Gasteiger charge is 2.05. The van der Waals surface area contributed by atoms with E-state index >= 15 is 0 Å². The number of aliphatic hydroxyl groups excluding tert-OH is 1. The molecule has 1 aromatic rings. The third kappa shape index (κ3) is 6.33. The molecule has 0 bridgehead atoms. The number of rotatable bonds is 9. The Labute approximate surface area is 124 Å². The number of carbonyl (C=O) groups is 1. The van der Waals surface area contributed by atoms with Crippen molar-refractivity contribution in [1.82, 2.24) is 10.6 Å². The Balaban J connectivity index is 2.32. The number of nitrogens with one attached hydrogen (secondary N) is 2. The van der Waals surface area contributed by atoms with Gasteiger partial charge in [0, 0.05) is 13.1 Å². The Hall–Kier alpha value is -1.99. The number of hydrogen-bond acceptors (Lipinski definition) is 5. The summed E-state index contributed by atoms with van der Waals surface area (Å²) in [5, 5.41) is 13.9. The summed E-state index contributed by atoms with van der Waals surface area (Å²) in [6.07, 6.45) is 0. The van der Waals surface area contributed by atoms with E-state index in [1.54, 1.807) is 20.3 Å². The van der Waals surface area contributed by atoms with Crippen LogP contribution in [0.15, 0.2) is 18.2 Å². The molecule has 0 heterocycles. The molecule has 0 saturated heterocycles. The first-order valence-electron chi connectivity index (χ1n) is 6.62. The van der Waals surface area contributed by atoms with E-state index in [0.717, 1.165) is 5.56 Å². The van der Waals surface area contributed by atoms with Gasteiger partial charge in [0.25, 0.3) is 0 Å². The molecule has 7 nitrogen and oxygen atoms in total. The summed E-state index contributed by atoms with van der Waals surface area (Å²) in [6, 6.07) is 5.17. The van der Waals surface area contributed by atoms with E-state index < -0.39 is 0 Å². The third-order valence-corrected chi connectivity index (χ3v) is 2.67. The molecule has 0 aromatic heterocycles. The minimum absolute atomic E-state index is 0.0223. The van der Waals surface area contributed by atoms with Crippen molar-refractivity contribution in [3.8, 4) is 11.5 Å². The zero-order valence-corrected chi connectivity index (χ0v) is 12.3. The lowest BCUT2D eigenvalue weighted by Gasteiger charge is -2.11. The predicted octanol–water partition coefficient (Wildman–Crippen LogP) is 0.512. The van der Waals surface area contributed by atoms with Crippen LogP contribution in [0.2, 0.25) is 0 Å². The molecule has 0 aliphatic carbocycles. The van der Waals surface area contributed by atoms with Gasteiger partial charge in [-0.05, 0) is 17.7 Å². The number of hydrogen-bond donors (Lipinski definition) is 3. The van der Waals surface area contributed by atoms with Gasteiger partial charge in [0.2, 0.25) is 0 Å². The zero-order valence-electron chi connectivity index (χ0n) is 12.3. The van der Waals surface area contributed by atoms with Crippen LogP contribution in [-0.4, -0.2) is 51.7 Å². The van der Waals surface area contributed by atoms with Crippen LogP contribution in [0.5, 0.6) is 11.5 Å². The number of amides is 2. The number of aliphatic hydroxyl groups is 1. The molecular formula is C14H22N2O5. The molecule has 0 saturated carbocycles. The molecule has 21 heavy (non-hydrogen) atoms. The minimum Gasteiger partial charge on any atom is -0.493 e. The van der Waals surface area contributed by atoms with Crippen molar-refractivity contribution in [3.63, 3.8) is 0 Å². The molecule has 1 aromatic carbocycles. The van der Waals surface area contributed by atoms with Crippen LogP contribution in [0.1, 0.15) is 5.56 Å². The van der Waals surface area contributed by atoms with E-state index in [1.807, 2.05) is 12.1 Å². The highest BCUT2D eigenvalue weighted by molar-refractivity contribution is 5.73. The molecule has 118 valence electrons. The normalized spacial score (nSPS) is 10.0. The lowest BCUT2D eigenvalue weighted by molar-refractivity contribution is 0.0947. The Morgan fingerprint density at radius 3 is 2.57 bits per heavy atom. The van der Waals surface area contributed by atoms with Gasteiger partial charge < -0.3 is 30.0 Å². The summed E-state index contributed by atoms with van der Waals surface area (Å²) in [6.45, 7) is 1.38. The fraction of sp³-hybridized carbons (Fsp3) is 0.500. The first kappa shape index (κ1) is 17.1. The SMILES string of the molecule is COc1ccc(CNC(=O)NCCOCCO)cc1OC. The van der Waals surface area contributed by atoms with Crippen molar-refractivity contribution in [2.75, 3.05) is 40.6 Å². The van der Waals surface area contributed by atoms with Gasteiger partial charge in [0.05, 0.1) is 34.0 Å². The fourth-order valence-corrected chi connectivity index (χ4v) is 1.64. The minimum atomic E-state index is -0.280. The van der Waals surface area contributed by atoms with Gasteiger partial charge >= 0.3 is 6.03 Å². The second-order valence-corrected chi connectivity index (χ2v) is 4.13. The standard InChI is InChI=1S/C14H22N2O5/c1-19-12-4-3-11(9-13(12)20-2)10-16-14(18)15-5-7-21-8-6-17/h3-4,9,17H,5-8,10H2,1-2H3,(H2,15,16,18). The summed E-state index contributed by atoms with van der Waals surface area (Å²) in [7, 11) is 3.14. The third-order valence-electron chi connectivity index (χ3n) is 2.67. The van der Waals surface area contributed by atoms with E-state index in [1.165, 1.54) is 0 Å². The van der Waals surface area contributed by atoms with E-state index in [9.17, 15) is 4.79 Å². The number of methoxy groups -OCH3 is 2. The molecule has 0 unspecified atom stereocenters. The topological polar surface area (TPSA) is 89.1 Å². The maximum absolute atomic E-state index is 11.5. The van der Waals surface area contributed by atoms with Crippen LogP contribution in [0.4, 0.5) is 4.79 Å². The van der Waals surface area contributed by atoms with Gasteiger partial charge in [-0.1, -0.05) is 6.07 Å². The first-order chi connectivity index (χ1) is 10.2. The molecule has 0 aliphatic rings. The molecular weight excluding hydrogens is 276 g/mol.